The van der Waals surface area contributed by atoms with Gasteiger partial charge in [0.15, 0.2) is 0 Å². The molecule has 0 aliphatic carbocycles. The lowest BCUT2D eigenvalue weighted by atomic mass is 9.96. The lowest BCUT2D eigenvalue weighted by Gasteiger charge is -2.30. The van der Waals surface area contributed by atoms with Crippen LogP contribution in [-0.4, -0.2) is 36.3 Å². The van der Waals surface area contributed by atoms with E-state index in [1.807, 2.05) is 24.3 Å². The van der Waals surface area contributed by atoms with Gasteiger partial charge in [0.2, 0.25) is 11.8 Å². The highest BCUT2D eigenvalue weighted by Gasteiger charge is 2.25. The highest BCUT2D eigenvalue weighted by atomic mass is 19.1. The summed E-state index contributed by atoms with van der Waals surface area (Å²) in [7, 11) is 0. The molecule has 1 aliphatic rings. The molecule has 0 spiro atoms. The molecule has 0 aromatic heterocycles. The molecule has 1 fully saturated rings. The minimum absolute atomic E-state index is 0.0226. The number of amides is 2. The zero-order valence-corrected chi connectivity index (χ0v) is 16.8. The number of piperidine rings is 1. The summed E-state index contributed by atoms with van der Waals surface area (Å²) in [6.07, 6.45) is 2.43. The van der Waals surface area contributed by atoms with Gasteiger partial charge in [0, 0.05) is 18.2 Å². The Morgan fingerprint density at radius 1 is 1.00 bits per heavy atom. The molecule has 1 saturated heterocycles. The Hall–Kier alpha value is -2.73. The maximum Gasteiger partial charge on any atom is 0.238 e. The van der Waals surface area contributed by atoms with Crippen molar-refractivity contribution in [2.45, 2.75) is 32.7 Å². The van der Waals surface area contributed by atoms with Crippen LogP contribution in [0, 0.1) is 11.7 Å². The Morgan fingerprint density at radius 3 is 2.24 bits per heavy atom. The van der Waals surface area contributed by atoms with Crippen molar-refractivity contribution in [1.29, 1.82) is 0 Å². The van der Waals surface area contributed by atoms with Crippen molar-refractivity contribution in [2.75, 3.05) is 25.0 Å². The van der Waals surface area contributed by atoms with E-state index >= 15 is 0 Å². The number of anilines is 1. The molecule has 2 aromatic carbocycles. The topological polar surface area (TPSA) is 61.4 Å². The molecule has 0 bridgehead atoms. The van der Waals surface area contributed by atoms with E-state index < -0.39 is 0 Å². The second-order valence-electron chi connectivity index (χ2n) is 7.49. The fourth-order valence-corrected chi connectivity index (χ4v) is 3.52. The SMILES string of the molecule is CCc1ccc(NC(=O)CN2CCC(C(=O)NCc3ccc(F)cc3)CC2)cc1. The van der Waals surface area contributed by atoms with E-state index in [2.05, 4.69) is 22.5 Å². The van der Waals surface area contributed by atoms with Crippen molar-refractivity contribution in [1.82, 2.24) is 10.2 Å². The van der Waals surface area contributed by atoms with Crippen LogP contribution in [0.15, 0.2) is 48.5 Å². The van der Waals surface area contributed by atoms with Gasteiger partial charge in [0.25, 0.3) is 0 Å². The maximum absolute atomic E-state index is 12.9. The zero-order chi connectivity index (χ0) is 20.6. The summed E-state index contributed by atoms with van der Waals surface area (Å²) in [5.41, 5.74) is 2.92. The number of aryl methyl sites for hydroxylation is 1. The molecule has 1 heterocycles. The summed E-state index contributed by atoms with van der Waals surface area (Å²) in [6.45, 7) is 4.27. The molecule has 154 valence electrons. The Morgan fingerprint density at radius 2 is 1.62 bits per heavy atom. The second-order valence-corrected chi connectivity index (χ2v) is 7.49. The molecule has 2 N–H and O–H groups in total. The van der Waals surface area contributed by atoms with Gasteiger partial charge in [-0.05, 0) is 67.7 Å². The van der Waals surface area contributed by atoms with Crippen LogP contribution < -0.4 is 10.6 Å². The van der Waals surface area contributed by atoms with E-state index in [0.29, 0.717) is 13.1 Å². The molecular weight excluding hydrogens is 369 g/mol. The van der Waals surface area contributed by atoms with Crippen LogP contribution in [0.3, 0.4) is 0 Å². The quantitative estimate of drug-likeness (QED) is 0.753. The van der Waals surface area contributed by atoms with Gasteiger partial charge in [0.1, 0.15) is 5.82 Å². The lowest BCUT2D eigenvalue weighted by Crippen LogP contribution is -2.43. The summed E-state index contributed by atoms with van der Waals surface area (Å²) >= 11 is 0. The summed E-state index contributed by atoms with van der Waals surface area (Å²) < 4.78 is 12.9. The third-order valence-corrected chi connectivity index (χ3v) is 5.35. The molecular formula is C23H28FN3O2. The van der Waals surface area contributed by atoms with Gasteiger partial charge in [0.05, 0.1) is 6.54 Å². The maximum atomic E-state index is 12.9. The van der Waals surface area contributed by atoms with Gasteiger partial charge >= 0.3 is 0 Å². The number of halogens is 1. The number of hydrogen-bond acceptors (Lipinski definition) is 3. The van der Waals surface area contributed by atoms with E-state index in [9.17, 15) is 14.0 Å². The van der Waals surface area contributed by atoms with E-state index in [1.165, 1.54) is 17.7 Å². The van der Waals surface area contributed by atoms with Crippen molar-refractivity contribution >= 4 is 17.5 Å². The van der Waals surface area contributed by atoms with Crippen LogP contribution in [0.4, 0.5) is 10.1 Å². The molecule has 2 aromatic rings. The Bertz CT molecular complexity index is 813. The first-order valence-corrected chi connectivity index (χ1v) is 10.2. The molecule has 0 saturated carbocycles. The molecule has 5 nitrogen and oxygen atoms in total. The first kappa shape index (κ1) is 21.0. The average Bonchev–Trinajstić information content (AvgIpc) is 2.74. The Balaban J connectivity index is 1.38. The third-order valence-electron chi connectivity index (χ3n) is 5.35. The van der Waals surface area contributed by atoms with Crippen LogP contribution in [0.1, 0.15) is 30.9 Å². The molecule has 0 unspecified atom stereocenters. The lowest BCUT2D eigenvalue weighted by molar-refractivity contribution is -0.126. The standard InChI is InChI=1S/C23H28FN3O2/c1-2-17-5-9-21(10-6-17)26-22(28)16-27-13-11-19(12-14-27)23(29)25-15-18-3-7-20(24)8-4-18/h3-10,19H,2,11-16H2,1H3,(H,25,29)(H,26,28). The fraction of sp³-hybridized carbons (Fsp3) is 0.391. The highest BCUT2D eigenvalue weighted by molar-refractivity contribution is 5.92. The van der Waals surface area contributed by atoms with Gasteiger partial charge in [-0.25, -0.2) is 4.39 Å². The van der Waals surface area contributed by atoms with Crippen LogP contribution in [0.25, 0.3) is 0 Å². The molecule has 3 rings (SSSR count). The number of nitrogens with zero attached hydrogens (tertiary/aromatic N) is 1. The molecule has 29 heavy (non-hydrogen) atoms. The van der Waals surface area contributed by atoms with Crippen molar-refractivity contribution in [3.05, 3.63) is 65.5 Å². The third kappa shape index (κ3) is 6.39. The number of carbonyl (C=O) groups is 2. The minimum atomic E-state index is -0.283. The first-order chi connectivity index (χ1) is 14.0. The molecule has 6 heteroatoms. The summed E-state index contributed by atoms with van der Waals surface area (Å²) in [5.74, 6) is -0.339. The predicted octanol–water partition coefficient (Wildman–Crippen LogP) is 3.36. The number of rotatable bonds is 7. The predicted molar refractivity (Wildman–Crippen MR) is 112 cm³/mol. The van der Waals surface area contributed by atoms with Crippen molar-refractivity contribution in [2.24, 2.45) is 5.92 Å². The molecule has 1 aliphatic heterocycles. The van der Waals surface area contributed by atoms with E-state index in [-0.39, 0.29) is 23.5 Å². The van der Waals surface area contributed by atoms with Crippen molar-refractivity contribution in [3.8, 4) is 0 Å². The molecule has 0 radical (unpaired) electrons. The van der Waals surface area contributed by atoms with Gasteiger partial charge in [-0.1, -0.05) is 31.2 Å². The average molecular weight is 397 g/mol. The van der Waals surface area contributed by atoms with Gasteiger partial charge in [-0.3, -0.25) is 14.5 Å². The smallest absolute Gasteiger partial charge is 0.238 e. The van der Waals surface area contributed by atoms with Gasteiger partial charge < -0.3 is 10.6 Å². The van der Waals surface area contributed by atoms with Crippen molar-refractivity contribution in [3.63, 3.8) is 0 Å². The van der Waals surface area contributed by atoms with Crippen LogP contribution in [-0.2, 0) is 22.6 Å². The van der Waals surface area contributed by atoms with Crippen LogP contribution >= 0.6 is 0 Å². The number of nitrogens with one attached hydrogen (secondary N) is 2. The van der Waals surface area contributed by atoms with E-state index in [1.54, 1.807) is 12.1 Å². The number of likely N-dealkylation sites (tertiary alicyclic amines) is 1. The Labute approximate surface area is 171 Å². The molecule has 2 amide bonds. The van der Waals surface area contributed by atoms with Crippen LogP contribution in [0.5, 0.6) is 0 Å². The number of carbonyl (C=O) groups excluding carboxylic acids is 2. The minimum Gasteiger partial charge on any atom is -0.352 e. The van der Waals surface area contributed by atoms with E-state index in [0.717, 1.165) is 43.6 Å². The Kier molecular flexibility index (Phi) is 7.36. The normalized spacial score (nSPS) is 15.1. The number of benzene rings is 2. The summed E-state index contributed by atoms with van der Waals surface area (Å²) in [5, 5.41) is 5.86. The monoisotopic (exact) mass is 397 g/mol. The fourth-order valence-electron chi connectivity index (χ4n) is 3.52. The molecule has 0 atom stereocenters. The largest absolute Gasteiger partial charge is 0.352 e. The summed E-state index contributed by atoms with van der Waals surface area (Å²) in [6, 6.07) is 14.0. The van der Waals surface area contributed by atoms with Crippen LogP contribution in [0.2, 0.25) is 0 Å². The number of hydrogen-bond donors (Lipinski definition) is 2. The van der Waals surface area contributed by atoms with Gasteiger partial charge in [-0.2, -0.15) is 0 Å². The second kappa shape index (κ2) is 10.2. The zero-order valence-electron chi connectivity index (χ0n) is 16.8. The van der Waals surface area contributed by atoms with Crippen molar-refractivity contribution < 1.29 is 14.0 Å². The highest BCUT2D eigenvalue weighted by Crippen LogP contribution is 2.18. The first-order valence-electron chi connectivity index (χ1n) is 10.2. The van der Waals surface area contributed by atoms with Gasteiger partial charge in [-0.15, -0.1) is 0 Å². The summed E-state index contributed by atoms with van der Waals surface area (Å²) in [4.78, 5) is 26.7. The van der Waals surface area contributed by atoms with E-state index in [4.69, 9.17) is 0 Å².